The zero-order chi connectivity index (χ0) is 12.1. The van der Waals surface area contributed by atoms with Gasteiger partial charge in [0.15, 0.2) is 0 Å². The lowest BCUT2D eigenvalue weighted by atomic mass is 10.1. The van der Waals surface area contributed by atoms with Crippen molar-refractivity contribution in [1.29, 1.82) is 0 Å². The first-order valence-corrected chi connectivity index (χ1v) is 6.33. The number of hydrogen-bond donors (Lipinski definition) is 2. The molecule has 1 aliphatic rings. The highest BCUT2D eigenvalue weighted by Gasteiger charge is 2.25. The maximum absolute atomic E-state index is 9.77. The number of benzene rings is 1. The van der Waals surface area contributed by atoms with E-state index in [4.69, 9.17) is 0 Å². The fourth-order valence-corrected chi connectivity index (χ4v) is 1.98. The van der Waals surface area contributed by atoms with Crippen LogP contribution in [0.25, 0.3) is 6.08 Å². The Morgan fingerprint density at radius 2 is 1.94 bits per heavy atom. The molecule has 2 nitrogen and oxygen atoms in total. The lowest BCUT2D eigenvalue weighted by molar-refractivity contribution is 0.0940. The minimum atomic E-state index is -0.552. The van der Waals surface area contributed by atoms with Crippen molar-refractivity contribution in [2.75, 3.05) is 0 Å². The van der Waals surface area contributed by atoms with Crippen molar-refractivity contribution >= 4 is 6.08 Å². The Morgan fingerprint density at radius 1 is 1.24 bits per heavy atom. The molecule has 1 aromatic rings. The zero-order valence-corrected chi connectivity index (χ0v) is 10.00. The summed E-state index contributed by atoms with van der Waals surface area (Å²) in [6.07, 6.45) is 6.51. The summed E-state index contributed by atoms with van der Waals surface area (Å²) >= 11 is 0. The van der Waals surface area contributed by atoms with Crippen LogP contribution in [0.2, 0.25) is 0 Å². The topological polar surface area (TPSA) is 40.5 Å². The van der Waals surface area contributed by atoms with E-state index in [1.807, 2.05) is 36.4 Å². The molecular formula is C15H24O2. The lowest BCUT2D eigenvalue weighted by Crippen LogP contribution is -2.16. The van der Waals surface area contributed by atoms with Crippen molar-refractivity contribution in [3.8, 4) is 0 Å². The van der Waals surface area contributed by atoms with Gasteiger partial charge in [-0.3, -0.25) is 0 Å². The van der Waals surface area contributed by atoms with Gasteiger partial charge in [0.25, 0.3) is 0 Å². The van der Waals surface area contributed by atoms with Crippen LogP contribution < -0.4 is 0 Å². The molecule has 1 fully saturated rings. The van der Waals surface area contributed by atoms with E-state index in [0.717, 1.165) is 12.0 Å². The van der Waals surface area contributed by atoms with Crippen molar-refractivity contribution in [3.63, 3.8) is 0 Å². The normalized spacial score (nSPS) is 19.4. The molecule has 0 aromatic heterocycles. The van der Waals surface area contributed by atoms with Crippen LogP contribution in [0, 0.1) is 5.92 Å². The van der Waals surface area contributed by atoms with Crippen LogP contribution >= 0.6 is 0 Å². The van der Waals surface area contributed by atoms with Crippen LogP contribution in [0.4, 0.5) is 0 Å². The minimum Gasteiger partial charge on any atom is -0.393 e. The van der Waals surface area contributed by atoms with Crippen LogP contribution in [0.15, 0.2) is 36.4 Å². The van der Waals surface area contributed by atoms with E-state index in [9.17, 15) is 10.2 Å². The van der Waals surface area contributed by atoms with E-state index < -0.39 is 6.10 Å². The maximum Gasteiger partial charge on any atom is 0.0748 e. The summed E-state index contributed by atoms with van der Waals surface area (Å²) in [7, 11) is 0. The first-order valence-electron chi connectivity index (χ1n) is 6.33. The van der Waals surface area contributed by atoms with Crippen LogP contribution in [-0.4, -0.2) is 22.4 Å². The number of hydrogen-bond acceptors (Lipinski definition) is 2. The molecule has 2 N–H and O–H groups in total. The highest BCUT2D eigenvalue weighted by atomic mass is 16.3. The van der Waals surface area contributed by atoms with Gasteiger partial charge in [0.2, 0.25) is 0 Å². The molecule has 0 bridgehead atoms. The predicted octanol–water partition coefficient (Wildman–Crippen LogP) is 3.10. The third-order valence-corrected chi connectivity index (χ3v) is 3.13. The Morgan fingerprint density at radius 3 is 2.59 bits per heavy atom. The Balaban J connectivity index is 0.00000162. The SMILES string of the molecule is OC(/C=C/c1ccccc1)CC(O)CC1CC1.[HH].[HH]. The monoisotopic (exact) mass is 236 g/mol. The average molecular weight is 236 g/mol. The summed E-state index contributed by atoms with van der Waals surface area (Å²) < 4.78 is 0. The molecule has 0 aliphatic heterocycles. The largest absolute Gasteiger partial charge is 0.393 e. The maximum atomic E-state index is 9.77. The molecule has 0 radical (unpaired) electrons. The highest BCUT2D eigenvalue weighted by Crippen LogP contribution is 2.34. The molecule has 1 aromatic carbocycles. The molecular weight excluding hydrogens is 212 g/mol. The third-order valence-electron chi connectivity index (χ3n) is 3.13. The molecule has 1 aliphatic carbocycles. The van der Waals surface area contributed by atoms with E-state index >= 15 is 0 Å². The zero-order valence-electron chi connectivity index (χ0n) is 10.00. The highest BCUT2D eigenvalue weighted by molar-refractivity contribution is 5.49. The van der Waals surface area contributed by atoms with Crippen molar-refractivity contribution in [2.45, 2.75) is 37.9 Å². The van der Waals surface area contributed by atoms with Gasteiger partial charge in [0, 0.05) is 9.27 Å². The Hall–Kier alpha value is -1.12. The van der Waals surface area contributed by atoms with Gasteiger partial charge >= 0.3 is 0 Å². The average Bonchev–Trinajstić information content (AvgIpc) is 3.11. The second-order valence-electron chi connectivity index (χ2n) is 4.91. The minimum absolute atomic E-state index is 0. The van der Waals surface area contributed by atoms with E-state index in [0.29, 0.717) is 12.3 Å². The Labute approximate surface area is 106 Å². The molecule has 17 heavy (non-hydrogen) atoms. The van der Waals surface area contributed by atoms with Crippen LogP contribution in [0.1, 0.15) is 34.1 Å². The lowest BCUT2D eigenvalue weighted by Gasteiger charge is -2.12. The predicted molar refractivity (Wildman–Crippen MR) is 73.7 cm³/mol. The van der Waals surface area contributed by atoms with Gasteiger partial charge < -0.3 is 10.2 Å². The van der Waals surface area contributed by atoms with Crippen molar-refractivity contribution in [1.82, 2.24) is 0 Å². The Kier molecular flexibility index (Phi) is 4.35. The summed E-state index contributed by atoms with van der Waals surface area (Å²) in [4.78, 5) is 0. The van der Waals surface area contributed by atoms with E-state index in [1.165, 1.54) is 12.8 Å². The molecule has 0 spiro atoms. The van der Waals surface area contributed by atoms with Crippen molar-refractivity contribution in [2.24, 2.45) is 5.92 Å². The smallest absolute Gasteiger partial charge is 0.0748 e. The van der Waals surface area contributed by atoms with E-state index in [-0.39, 0.29) is 8.96 Å². The summed E-state index contributed by atoms with van der Waals surface area (Å²) in [6, 6.07) is 9.88. The molecule has 0 saturated heterocycles. The van der Waals surface area contributed by atoms with Gasteiger partial charge in [-0.05, 0) is 17.9 Å². The molecule has 2 rings (SSSR count). The third kappa shape index (κ3) is 4.72. The summed E-state index contributed by atoms with van der Waals surface area (Å²) in [5, 5.41) is 19.5. The van der Waals surface area contributed by atoms with E-state index in [2.05, 4.69) is 0 Å². The van der Waals surface area contributed by atoms with E-state index in [1.54, 1.807) is 6.08 Å². The molecule has 2 unspecified atom stereocenters. The first kappa shape index (κ1) is 12.3. The van der Waals surface area contributed by atoms with Gasteiger partial charge in [0.1, 0.15) is 0 Å². The van der Waals surface area contributed by atoms with Crippen molar-refractivity contribution < 1.29 is 13.1 Å². The van der Waals surface area contributed by atoms with Crippen LogP contribution in [-0.2, 0) is 0 Å². The van der Waals surface area contributed by atoms with Gasteiger partial charge in [-0.25, -0.2) is 0 Å². The van der Waals surface area contributed by atoms with Gasteiger partial charge in [-0.1, -0.05) is 55.3 Å². The fraction of sp³-hybridized carbons (Fsp3) is 0.467. The molecule has 0 heterocycles. The summed E-state index contributed by atoms with van der Waals surface area (Å²) in [5.74, 6) is 0.704. The second-order valence-corrected chi connectivity index (χ2v) is 4.91. The standard InChI is InChI=1S/C15H20O2.2H2/c16-14(11-15(17)10-13-6-7-13)9-8-12-4-2-1-3-5-12;;/h1-5,8-9,13-17H,6-7,10-11H2;2*1H/b9-8+;;. The molecule has 96 valence electrons. The van der Waals surface area contributed by atoms with Crippen LogP contribution in [0.5, 0.6) is 0 Å². The Bertz CT molecular complexity index is 364. The summed E-state index contributed by atoms with van der Waals surface area (Å²) in [5.41, 5.74) is 1.07. The molecule has 0 amide bonds. The summed E-state index contributed by atoms with van der Waals surface area (Å²) in [6.45, 7) is 0. The van der Waals surface area contributed by atoms with Gasteiger partial charge in [0.05, 0.1) is 12.2 Å². The van der Waals surface area contributed by atoms with Gasteiger partial charge in [-0.15, -0.1) is 0 Å². The second kappa shape index (κ2) is 5.99. The first-order chi connectivity index (χ1) is 8.24. The number of aliphatic hydroxyl groups is 2. The number of aliphatic hydroxyl groups excluding tert-OH is 2. The number of rotatable bonds is 6. The molecule has 2 heteroatoms. The quantitative estimate of drug-likeness (QED) is 0.796. The van der Waals surface area contributed by atoms with Crippen LogP contribution in [0.3, 0.4) is 0 Å². The fourth-order valence-electron chi connectivity index (χ4n) is 1.98. The van der Waals surface area contributed by atoms with Crippen molar-refractivity contribution in [3.05, 3.63) is 42.0 Å². The van der Waals surface area contributed by atoms with Gasteiger partial charge in [-0.2, -0.15) is 0 Å². The molecule has 1 saturated carbocycles. The molecule has 2 atom stereocenters.